The molecule has 0 N–H and O–H groups in total. The average molecular weight is 232 g/mol. The number of fused-ring (bicyclic) bond motifs is 1. The maximum absolute atomic E-state index is 12.1. The van der Waals surface area contributed by atoms with Gasteiger partial charge in [0, 0.05) is 19.5 Å². The minimum Gasteiger partial charge on any atom is -0.318 e. The number of urea groups is 1. The van der Waals surface area contributed by atoms with Crippen LogP contribution in [-0.2, 0) is 4.79 Å². The van der Waals surface area contributed by atoms with Crippen LogP contribution in [0.5, 0.6) is 0 Å². The van der Waals surface area contributed by atoms with Gasteiger partial charge in [-0.25, -0.2) is 4.79 Å². The van der Waals surface area contributed by atoms with Crippen LogP contribution in [0, 0.1) is 0 Å². The van der Waals surface area contributed by atoms with Crippen molar-refractivity contribution >= 4 is 11.9 Å². The lowest BCUT2D eigenvalue weighted by molar-refractivity contribution is -0.125. The van der Waals surface area contributed by atoms with Crippen LogP contribution in [0.4, 0.5) is 4.79 Å². The molecule has 0 aromatic rings. The van der Waals surface area contributed by atoms with E-state index >= 15 is 0 Å². The summed E-state index contributed by atoms with van der Waals surface area (Å²) in [6.07, 6.45) is 9.91. The van der Waals surface area contributed by atoms with E-state index in [9.17, 15) is 9.59 Å². The summed E-state index contributed by atoms with van der Waals surface area (Å²) in [5.74, 6) is -0.00401. The molecule has 0 bridgehead atoms. The highest BCUT2D eigenvalue weighted by atomic mass is 16.2. The van der Waals surface area contributed by atoms with Crippen molar-refractivity contribution in [3.05, 3.63) is 23.8 Å². The summed E-state index contributed by atoms with van der Waals surface area (Å²) >= 11 is 0. The second kappa shape index (κ2) is 4.02. The van der Waals surface area contributed by atoms with Crippen molar-refractivity contribution in [2.75, 3.05) is 13.1 Å². The molecule has 3 rings (SSSR count). The monoisotopic (exact) mass is 232 g/mol. The largest absolute Gasteiger partial charge is 0.327 e. The maximum Gasteiger partial charge on any atom is 0.327 e. The Morgan fingerprint density at radius 1 is 1.29 bits per heavy atom. The molecule has 1 atom stereocenters. The Kier molecular flexibility index (Phi) is 2.50. The second-order valence-corrected chi connectivity index (χ2v) is 4.88. The van der Waals surface area contributed by atoms with E-state index in [1.54, 1.807) is 4.90 Å². The van der Waals surface area contributed by atoms with Crippen molar-refractivity contribution in [1.82, 2.24) is 9.80 Å². The van der Waals surface area contributed by atoms with Gasteiger partial charge >= 0.3 is 6.03 Å². The van der Waals surface area contributed by atoms with E-state index in [0.29, 0.717) is 19.5 Å². The predicted molar refractivity (Wildman–Crippen MR) is 63.3 cm³/mol. The van der Waals surface area contributed by atoms with Gasteiger partial charge in [0.1, 0.15) is 0 Å². The number of hydrogen-bond acceptors (Lipinski definition) is 2. The first-order valence-corrected chi connectivity index (χ1v) is 6.22. The molecule has 1 unspecified atom stereocenters. The Balaban J connectivity index is 1.70. The zero-order valence-electron chi connectivity index (χ0n) is 9.76. The van der Waals surface area contributed by atoms with Gasteiger partial charge in [-0.3, -0.25) is 9.69 Å². The summed E-state index contributed by atoms with van der Waals surface area (Å²) in [5, 5.41) is 0. The van der Waals surface area contributed by atoms with Crippen molar-refractivity contribution in [1.29, 1.82) is 0 Å². The number of carbonyl (C=O) groups excluding carboxylic acids is 2. The number of carbonyl (C=O) groups is 2. The molecule has 2 fully saturated rings. The van der Waals surface area contributed by atoms with Crippen molar-refractivity contribution in [3.8, 4) is 0 Å². The molecule has 4 heteroatoms. The summed E-state index contributed by atoms with van der Waals surface area (Å²) < 4.78 is 0. The van der Waals surface area contributed by atoms with Gasteiger partial charge in [-0.2, -0.15) is 0 Å². The molecule has 2 aliphatic heterocycles. The molecule has 4 nitrogen and oxygen atoms in total. The van der Waals surface area contributed by atoms with Gasteiger partial charge in [0.15, 0.2) is 0 Å². The van der Waals surface area contributed by atoms with Crippen LogP contribution in [0.2, 0.25) is 0 Å². The third kappa shape index (κ3) is 1.77. The van der Waals surface area contributed by atoms with Gasteiger partial charge < -0.3 is 4.90 Å². The molecule has 0 spiro atoms. The summed E-state index contributed by atoms with van der Waals surface area (Å²) in [4.78, 5) is 26.9. The smallest absolute Gasteiger partial charge is 0.318 e. The topological polar surface area (TPSA) is 40.6 Å². The molecule has 2 saturated heterocycles. The number of rotatable bonds is 2. The van der Waals surface area contributed by atoms with E-state index in [0.717, 1.165) is 19.3 Å². The minimum atomic E-state index is -0.0997. The van der Waals surface area contributed by atoms with E-state index in [2.05, 4.69) is 18.2 Å². The SMILES string of the molecule is O=C1CCC2CN(CC3=CCCC=C3)C(=O)N12. The van der Waals surface area contributed by atoms with Crippen LogP contribution >= 0.6 is 0 Å². The molecule has 1 aliphatic carbocycles. The van der Waals surface area contributed by atoms with Gasteiger partial charge in [0.2, 0.25) is 5.91 Å². The summed E-state index contributed by atoms with van der Waals surface area (Å²) in [6.45, 7) is 1.35. The van der Waals surface area contributed by atoms with Gasteiger partial charge in [-0.1, -0.05) is 18.2 Å². The van der Waals surface area contributed by atoms with Crippen LogP contribution in [0.15, 0.2) is 23.8 Å². The fourth-order valence-electron chi connectivity index (χ4n) is 2.80. The van der Waals surface area contributed by atoms with Gasteiger partial charge in [-0.15, -0.1) is 0 Å². The summed E-state index contributed by atoms with van der Waals surface area (Å²) in [5.41, 5.74) is 1.19. The first-order chi connectivity index (χ1) is 8.25. The molecule has 2 heterocycles. The minimum absolute atomic E-state index is 0.00401. The van der Waals surface area contributed by atoms with Crippen molar-refractivity contribution < 1.29 is 9.59 Å². The fraction of sp³-hybridized carbons (Fsp3) is 0.538. The first-order valence-electron chi connectivity index (χ1n) is 6.22. The molecule has 3 aliphatic rings. The number of amides is 3. The third-order valence-corrected chi connectivity index (χ3v) is 3.68. The van der Waals surface area contributed by atoms with Crippen molar-refractivity contribution in [3.63, 3.8) is 0 Å². The number of nitrogens with zero attached hydrogens (tertiary/aromatic N) is 2. The number of hydrogen-bond donors (Lipinski definition) is 0. The maximum atomic E-state index is 12.1. The Morgan fingerprint density at radius 2 is 2.18 bits per heavy atom. The standard InChI is InChI=1S/C13H16N2O2/c16-12-7-6-11-9-14(13(17)15(11)12)8-10-4-2-1-3-5-10/h2,4-5,11H,1,3,6-9H2. The zero-order chi connectivity index (χ0) is 11.8. The fourth-order valence-corrected chi connectivity index (χ4v) is 2.80. The lowest BCUT2D eigenvalue weighted by atomic mass is 10.1. The molecular formula is C13H16N2O2. The Morgan fingerprint density at radius 3 is 2.88 bits per heavy atom. The highest BCUT2D eigenvalue weighted by Gasteiger charge is 2.44. The van der Waals surface area contributed by atoms with E-state index in [-0.39, 0.29) is 18.0 Å². The molecule has 0 saturated carbocycles. The van der Waals surface area contributed by atoms with E-state index < -0.39 is 0 Å². The van der Waals surface area contributed by atoms with Crippen LogP contribution < -0.4 is 0 Å². The van der Waals surface area contributed by atoms with Crippen molar-refractivity contribution in [2.24, 2.45) is 0 Å². The van der Waals surface area contributed by atoms with Crippen LogP contribution in [-0.4, -0.2) is 40.9 Å². The first kappa shape index (κ1) is 10.6. The van der Waals surface area contributed by atoms with Gasteiger partial charge in [-0.05, 0) is 24.8 Å². The second-order valence-electron chi connectivity index (χ2n) is 4.88. The normalized spacial score (nSPS) is 27.8. The molecule has 0 aromatic carbocycles. The third-order valence-electron chi connectivity index (χ3n) is 3.68. The number of allylic oxidation sites excluding steroid dienone is 2. The lowest BCUT2D eigenvalue weighted by Gasteiger charge is -2.18. The van der Waals surface area contributed by atoms with Crippen LogP contribution in [0.1, 0.15) is 25.7 Å². The highest BCUT2D eigenvalue weighted by molar-refractivity contribution is 5.98. The lowest BCUT2D eigenvalue weighted by Crippen LogP contribution is -2.35. The number of imide groups is 1. The summed E-state index contributed by atoms with van der Waals surface area (Å²) in [7, 11) is 0. The molecule has 90 valence electrons. The van der Waals surface area contributed by atoms with E-state index in [1.807, 2.05) is 0 Å². The zero-order valence-corrected chi connectivity index (χ0v) is 9.76. The van der Waals surface area contributed by atoms with Gasteiger partial charge in [0.25, 0.3) is 0 Å². The molecule has 0 radical (unpaired) electrons. The predicted octanol–water partition coefficient (Wildman–Crippen LogP) is 1.69. The molecule has 17 heavy (non-hydrogen) atoms. The van der Waals surface area contributed by atoms with E-state index in [4.69, 9.17) is 0 Å². The Hall–Kier alpha value is -1.58. The quantitative estimate of drug-likeness (QED) is 0.727. The molecule has 0 aromatic heterocycles. The van der Waals surface area contributed by atoms with Crippen molar-refractivity contribution in [2.45, 2.75) is 31.7 Å². The summed E-state index contributed by atoms with van der Waals surface area (Å²) in [6, 6.07) is 0.0283. The molecule has 3 amide bonds. The van der Waals surface area contributed by atoms with Gasteiger partial charge in [0.05, 0.1) is 6.04 Å². The Bertz CT molecular complexity index is 425. The van der Waals surface area contributed by atoms with Crippen LogP contribution in [0.3, 0.4) is 0 Å². The average Bonchev–Trinajstić information content (AvgIpc) is 2.84. The Labute approximate surface area is 101 Å². The van der Waals surface area contributed by atoms with Crippen LogP contribution in [0.25, 0.3) is 0 Å². The molecular weight excluding hydrogens is 216 g/mol. The highest BCUT2D eigenvalue weighted by Crippen LogP contribution is 2.28. The van der Waals surface area contributed by atoms with E-state index in [1.165, 1.54) is 10.5 Å².